The zero-order valence-electron chi connectivity index (χ0n) is 17.0. The standard InChI is InChI=1S/C24H33NO2/c1-4-6-10-13-25-17-21-16-23(26-3)24(15-20(21)14-22(25)5-2)27-18-19-11-8-7-9-12-19/h7-9,11-12,15-16,22H,4-6,10,13-14,17-18H2,1-3H3. The van der Waals surface area contributed by atoms with Crippen LogP contribution in [0.4, 0.5) is 0 Å². The molecule has 3 heteroatoms. The molecule has 3 rings (SSSR count). The third-order valence-corrected chi connectivity index (χ3v) is 5.59. The second-order valence-electron chi connectivity index (χ2n) is 7.49. The predicted molar refractivity (Wildman–Crippen MR) is 111 cm³/mol. The second kappa shape index (κ2) is 9.80. The maximum absolute atomic E-state index is 6.12. The molecule has 0 N–H and O–H groups in total. The minimum absolute atomic E-state index is 0.566. The van der Waals surface area contributed by atoms with Gasteiger partial charge in [-0.1, -0.05) is 57.0 Å². The Kier molecular flexibility index (Phi) is 7.17. The van der Waals surface area contributed by atoms with E-state index < -0.39 is 0 Å². The van der Waals surface area contributed by atoms with Gasteiger partial charge in [0.15, 0.2) is 11.5 Å². The number of benzene rings is 2. The van der Waals surface area contributed by atoms with Crippen LogP contribution in [0.3, 0.4) is 0 Å². The van der Waals surface area contributed by atoms with Gasteiger partial charge in [-0.25, -0.2) is 0 Å². The Bertz CT molecular complexity index is 714. The topological polar surface area (TPSA) is 21.7 Å². The molecule has 1 aliphatic heterocycles. The van der Waals surface area contributed by atoms with E-state index in [0.29, 0.717) is 12.6 Å². The quantitative estimate of drug-likeness (QED) is 0.538. The van der Waals surface area contributed by atoms with Crippen LogP contribution in [0, 0.1) is 0 Å². The molecule has 0 fully saturated rings. The highest BCUT2D eigenvalue weighted by Gasteiger charge is 2.26. The molecule has 0 aromatic heterocycles. The maximum Gasteiger partial charge on any atom is 0.161 e. The van der Waals surface area contributed by atoms with Gasteiger partial charge >= 0.3 is 0 Å². The summed E-state index contributed by atoms with van der Waals surface area (Å²) in [6.07, 6.45) is 6.17. The molecule has 0 radical (unpaired) electrons. The first-order valence-corrected chi connectivity index (χ1v) is 10.4. The van der Waals surface area contributed by atoms with Gasteiger partial charge in [0.05, 0.1) is 7.11 Å². The molecule has 1 unspecified atom stereocenters. The van der Waals surface area contributed by atoms with Crippen molar-refractivity contribution in [3.63, 3.8) is 0 Å². The Labute approximate surface area is 164 Å². The average molecular weight is 368 g/mol. The molecule has 2 aromatic carbocycles. The van der Waals surface area contributed by atoms with Crippen molar-refractivity contribution in [3.8, 4) is 11.5 Å². The van der Waals surface area contributed by atoms with E-state index in [1.165, 1.54) is 48.9 Å². The Morgan fingerprint density at radius 2 is 1.78 bits per heavy atom. The molecule has 1 atom stereocenters. The van der Waals surface area contributed by atoms with Crippen LogP contribution in [0.1, 0.15) is 56.2 Å². The van der Waals surface area contributed by atoms with Crippen LogP contribution in [0.2, 0.25) is 0 Å². The molecule has 0 aliphatic carbocycles. The molecule has 2 aromatic rings. The van der Waals surface area contributed by atoms with Crippen LogP contribution in [-0.2, 0) is 19.6 Å². The number of ether oxygens (including phenoxy) is 2. The summed E-state index contributed by atoms with van der Waals surface area (Å²) < 4.78 is 11.8. The fraction of sp³-hybridized carbons (Fsp3) is 0.500. The van der Waals surface area contributed by atoms with Crippen molar-refractivity contribution in [1.29, 1.82) is 0 Å². The average Bonchev–Trinajstić information content (AvgIpc) is 2.72. The smallest absolute Gasteiger partial charge is 0.161 e. The Morgan fingerprint density at radius 1 is 1.00 bits per heavy atom. The molecule has 0 spiro atoms. The van der Waals surface area contributed by atoms with Gasteiger partial charge in [0.1, 0.15) is 6.61 Å². The van der Waals surface area contributed by atoms with Gasteiger partial charge in [-0.05, 0) is 54.6 Å². The second-order valence-corrected chi connectivity index (χ2v) is 7.49. The summed E-state index contributed by atoms with van der Waals surface area (Å²) in [5.41, 5.74) is 3.98. The first-order valence-electron chi connectivity index (χ1n) is 10.4. The van der Waals surface area contributed by atoms with Crippen molar-refractivity contribution in [2.75, 3.05) is 13.7 Å². The number of methoxy groups -OCH3 is 1. The molecular formula is C24H33NO2. The monoisotopic (exact) mass is 367 g/mol. The molecule has 0 saturated carbocycles. The third-order valence-electron chi connectivity index (χ3n) is 5.59. The SMILES string of the molecule is CCCCCN1Cc2cc(OC)c(OCc3ccccc3)cc2CC1CC. The Morgan fingerprint density at radius 3 is 2.48 bits per heavy atom. The predicted octanol–water partition coefficient (Wildman–Crippen LogP) is 5.60. The summed E-state index contributed by atoms with van der Waals surface area (Å²) >= 11 is 0. The molecule has 0 bridgehead atoms. The van der Waals surface area contributed by atoms with E-state index in [0.717, 1.165) is 24.5 Å². The summed E-state index contributed by atoms with van der Waals surface area (Å²) in [6, 6.07) is 15.3. The number of rotatable bonds is 9. The van der Waals surface area contributed by atoms with Gasteiger partial charge in [0.2, 0.25) is 0 Å². The first-order chi connectivity index (χ1) is 13.2. The highest BCUT2D eigenvalue weighted by atomic mass is 16.5. The molecule has 0 saturated heterocycles. The van der Waals surface area contributed by atoms with Crippen LogP contribution in [0.25, 0.3) is 0 Å². The van der Waals surface area contributed by atoms with Gasteiger partial charge in [0, 0.05) is 12.6 Å². The molecular weight excluding hydrogens is 334 g/mol. The number of hydrogen-bond donors (Lipinski definition) is 0. The van der Waals surface area contributed by atoms with E-state index in [1.54, 1.807) is 7.11 Å². The van der Waals surface area contributed by atoms with E-state index >= 15 is 0 Å². The summed E-state index contributed by atoms with van der Waals surface area (Å²) in [4.78, 5) is 2.65. The highest BCUT2D eigenvalue weighted by molar-refractivity contribution is 5.48. The lowest BCUT2D eigenvalue weighted by Gasteiger charge is -2.37. The third kappa shape index (κ3) is 5.04. The van der Waals surface area contributed by atoms with Gasteiger partial charge in [-0.15, -0.1) is 0 Å². The lowest BCUT2D eigenvalue weighted by molar-refractivity contribution is 0.162. The van der Waals surface area contributed by atoms with Crippen molar-refractivity contribution in [2.45, 2.75) is 65.1 Å². The van der Waals surface area contributed by atoms with Crippen molar-refractivity contribution in [2.24, 2.45) is 0 Å². The molecule has 146 valence electrons. The number of unbranched alkanes of at least 4 members (excludes halogenated alkanes) is 2. The van der Waals surface area contributed by atoms with Gasteiger partial charge in [-0.3, -0.25) is 4.90 Å². The van der Waals surface area contributed by atoms with Crippen LogP contribution in [0.5, 0.6) is 11.5 Å². The fourth-order valence-electron chi connectivity index (χ4n) is 3.95. The molecule has 27 heavy (non-hydrogen) atoms. The van der Waals surface area contributed by atoms with E-state index in [9.17, 15) is 0 Å². The van der Waals surface area contributed by atoms with Crippen molar-refractivity contribution >= 4 is 0 Å². The minimum Gasteiger partial charge on any atom is -0.493 e. The zero-order valence-corrected chi connectivity index (χ0v) is 17.0. The van der Waals surface area contributed by atoms with E-state index in [-0.39, 0.29) is 0 Å². The number of hydrogen-bond acceptors (Lipinski definition) is 3. The van der Waals surface area contributed by atoms with E-state index in [1.807, 2.05) is 18.2 Å². The number of nitrogens with zero attached hydrogens (tertiary/aromatic N) is 1. The fourth-order valence-corrected chi connectivity index (χ4v) is 3.95. The minimum atomic E-state index is 0.566. The Hall–Kier alpha value is -2.00. The van der Waals surface area contributed by atoms with Crippen LogP contribution in [-0.4, -0.2) is 24.6 Å². The van der Waals surface area contributed by atoms with Crippen molar-refractivity contribution in [1.82, 2.24) is 4.90 Å². The summed E-state index contributed by atoms with van der Waals surface area (Å²) in [5, 5.41) is 0. The summed E-state index contributed by atoms with van der Waals surface area (Å²) in [5.74, 6) is 1.70. The van der Waals surface area contributed by atoms with Crippen LogP contribution >= 0.6 is 0 Å². The Balaban J connectivity index is 1.75. The number of fused-ring (bicyclic) bond motifs is 1. The van der Waals surface area contributed by atoms with E-state index in [2.05, 4.69) is 43.0 Å². The lowest BCUT2D eigenvalue weighted by atomic mass is 9.91. The van der Waals surface area contributed by atoms with Crippen molar-refractivity contribution in [3.05, 3.63) is 59.2 Å². The van der Waals surface area contributed by atoms with Crippen molar-refractivity contribution < 1.29 is 9.47 Å². The normalized spacial score (nSPS) is 16.8. The van der Waals surface area contributed by atoms with Crippen LogP contribution < -0.4 is 9.47 Å². The lowest BCUT2D eigenvalue weighted by Crippen LogP contribution is -2.40. The first kappa shape index (κ1) is 19.8. The van der Waals surface area contributed by atoms with Gasteiger partial charge < -0.3 is 9.47 Å². The molecule has 3 nitrogen and oxygen atoms in total. The van der Waals surface area contributed by atoms with Crippen LogP contribution in [0.15, 0.2) is 42.5 Å². The molecule has 1 aliphatic rings. The highest BCUT2D eigenvalue weighted by Crippen LogP contribution is 2.36. The zero-order chi connectivity index (χ0) is 19.1. The van der Waals surface area contributed by atoms with Gasteiger partial charge in [-0.2, -0.15) is 0 Å². The molecule has 1 heterocycles. The van der Waals surface area contributed by atoms with Gasteiger partial charge in [0.25, 0.3) is 0 Å². The van der Waals surface area contributed by atoms with E-state index in [4.69, 9.17) is 9.47 Å². The summed E-state index contributed by atoms with van der Waals surface area (Å²) in [7, 11) is 1.73. The summed E-state index contributed by atoms with van der Waals surface area (Å²) in [6.45, 7) is 7.35. The molecule has 0 amide bonds. The largest absolute Gasteiger partial charge is 0.493 e. The maximum atomic E-state index is 6.12.